The van der Waals surface area contributed by atoms with Crippen LogP contribution in [0.2, 0.25) is 0 Å². The SMILES string of the molecule is CSc1ccc(C(=O)N2CCC(c3nc(-c4ccc(Br)cc4)c(C)s3)CC2)s1. The van der Waals surface area contributed by atoms with Gasteiger partial charge in [-0.3, -0.25) is 4.79 Å². The smallest absolute Gasteiger partial charge is 0.263 e. The van der Waals surface area contributed by atoms with Crippen LogP contribution in [0.3, 0.4) is 0 Å². The van der Waals surface area contributed by atoms with E-state index in [4.69, 9.17) is 4.98 Å². The lowest BCUT2D eigenvalue weighted by Crippen LogP contribution is -2.37. The second-order valence-electron chi connectivity index (χ2n) is 6.85. The molecular weight excluding hydrogens is 472 g/mol. The lowest BCUT2D eigenvalue weighted by Gasteiger charge is -2.30. The largest absolute Gasteiger partial charge is 0.338 e. The molecule has 1 aromatic carbocycles. The molecule has 3 heterocycles. The van der Waals surface area contributed by atoms with Gasteiger partial charge in [-0.25, -0.2) is 4.98 Å². The lowest BCUT2D eigenvalue weighted by molar-refractivity contribution is 0.0718. The molecule has 0 N–H and O–H groups in total. The standard InChI is InChI=1S/C21H21BrN2OS3/c1-13-19(14-3-5-16(22)6-4-14)23-20(27-13)15-9-11-24(12-10-15)21(25)17-7-8-18(26-2)28-17/h3-8,15H,9-12H2,1-2H3. The summed E-state index contributed by atoms with van der Waals surface area (Å²) in [4.78, 5) is 21.8. The number of thioether (sulfide) groups is 1. The van der Waals surface area contributed by atoms with Crippen molar-refractivity contribution in [3.05, 3.63) is 55.6 Å². The van der Waals surface area contributed by atoms with Crippen LogP contribution in [0, 0.1) is 6.92 Å². The molecule has 0 spiro atoms. The number of thiazole rings is 1. The molecule has 1 aliphatic rings. The van der Waals surface area contributed by atoms with Gasteiger partial charge in [-0.15, -0.1) is 34.4 Å². The molecule has 0 saturated carbocycles. The maximum Gasteiger partial charge on any atom is 0.263 e. The number of carbonyl (C=O) groups excluding carboxylic acids is 1. The fraction of sp³-hybridized carbons (Fsp3) is 0.333. The molecule has 3 aromatic rings. The van der Waals surface area contributed by atoms with E-state index in [1.54, 1.807) is 34.4 Å². The Morgan fingerprint density at radius 1 is 1.14 bits per heavy atom. The summed E-state index contributed by atoms with van der Waals surface area (Å²) in [7, 11) is 0. The highest BCUT2D eigenvalue weighted by molar-refractivity contribution is 9.10. The number of hydrogen-bond acceptors (Lipinski definition) is 5. The van der Waals surface area contributed by atoms with Gasteiger partial charge in [0.25, 0.3) is 5.91 Å². The minimum absolute atomic E-state index is 0.176. The van der Waals surface area contributed by atoms with Gasteiger partial charge in [0.2, 0.25) is 0 Å². The van der Waals surface area contributed by atoms with Gasteiger partial charge in [-0.05, 0) is 50.3 Å². The van der Waals surface area contributed by atoms with E-state index >= 15 is 0 Å². The third-order valence-corrected chi connectivity index (χ3v) is 8.87. The molecule has 0 aliphatic carbocycles. The summed E-state index contributed by atoms with van der Waals surface area (Å²) in [6, 6.07) is 12.3. The van der Waals surface area contributed by atoms with Gasteiger partial charge in [0.15, 0.2) is 0 Å². The fourth-order valence-electron chi connectivity index (χ4n) is 3.50. The molecular formula is C21H21BrN2OS3. The van der Waals surface area contributed by atoms with E-state index in [0.717, 1.165) is 46.5 Å². The zero-order valence-corrected chi connectivity index (χ0v) is 19.8. The summed E-state index contributed by atoms with van der Waals surface area (Å²) in [6.45, 7) is 3.77. The zero-order chi connectivity index (χ0) is 19.7. The van der Waals surface area contributed by atoms with Crippen molar-refractivity contribution in [3.63, 3.8) is 0 Å². The van der Waals surface area contributed by atoms with Crippen molar-refractivity contribution in [1.82, 2.24) is 9.88 Å². The Hall–Kier alpha value is -1.15. The van der Waals surface area contributed by atoms with Gasteiger partial charge in [0, 0.05) is 33.9 Å². The van der Waals surface area contributed by atoms with Crippen LogP contribution >= 0.6 is 50.4 Å². The average Bonchev–Trinajstić information content (AvgIpc) is 3.35. The normalized spacial score (nSPS) is 15.2. The van der Waals surface area contributed by atoms with Crippen molar-refractivity contribution in [2.45, 2.75) is 29.9 Å². The highest BCUT2D eigenvalue weighted by Crippen LogP contribution is 2.36. The number of aromatic nitrogens is 1. The molecule has 1 fully saturated rings. The molecule has 0 atom stereocenters. The summed E-state index contributed by atoms with van der Waals surface area (Å²) in [5.74, 6) is 0.622. The van der Waals surface area contributed by atoms with Crippen LogP contribution in [0.25, 0.3) is 11.3 Å². The van der Waals surface area contributed by atoms with E-state index in [-0.39, 0.29) is 5.91 Å². The van der Waals surface area contributed by atoms with Crippen molar-refractivity contribution in [3.8, 4) is 11.3 Å². The van der Waals surface area contributed by atoms with E-state index in [9.17, 15) is 4.79 Å². The van der Waals surface area contributed by atoms with Crippen LogP contribution < -0.4 is 0 Å². The Balaban J connectivity index is 1.43. The van der Waals surface area contributed by atoms with Crippen LogP contribution in [0.5, 0.6) is 0 Å². The van der Waals surface area contributed by atoms with Gasteiger partial charge < -0.3 is 4.90 Å². The lowest BCUT2D eigenvalue weighted by atomic mass is 9.97. The van der Waals surface area contributed by atoms with Crippen LogP contribution in [-0.2, 0) is 0 Å². The van der Waals surface area contributed by atoms with Crippen molar-refractivity contribution >= 4 is 56.3 Å². The first kappa shape index (κ1) is 20.1. The number of thiophene rings is 1. The second kappa shape index (κ2) is 8.69. The third-order valence-electron chi connectivity index (χ3n) is 5.06. The Bertz CT molecular complexity index is 972. The predicted molar refractivity (Wildman–Crippen MR) is 124 cm³/mol. The molecule has 3 nitrogen and oxygen atoms in total. The molecule has 0 unspecified atom stereocenters. The Morgan fingerprint density at radius 2 is 1.86 bits per heavy atom. The number of halogens is 1. The molecule has 1 aliphatic heterocycles. The summed E-state index contributed by atoms with van der Waals surface area (Å²) in [6.07, 6.45) is 4.02. The topological polar surface area (TPSA) is 33.2 Å². The highest BCUT2D eigenvalue weighted by atomic mass is 79.9. The minimum atomic E-state index is 0.176. The summed E-state index contributed by atoms with van der Waals surface area (Å²) >= 11 is 8.58. The number of piperidine rings is 1. The van der Waals surface area contributed by atoms with E-state index < -0.39 is 0 Å². The van der Waals surface area contributed by atoms with E-state index in [1.807, 2.05) is 23.3 Å². The van der Waals surface area contributed by atoms with Gasteiger partial charge in [-0.2, -0.15) is 0 Å². The molecule has 0 radical (unpaired) electrons. The number of carbonyl (C=O) groups is 1. The van der Waals surface area contributed by atoms with Crippen LogP contribution in [0.1, 0.15) is 38.3 Å². The summed E-state index contributed by atoms with van der Waals surface area (Å²) in [5, 5.41) is 1.21. The number of amides is 1. The van der Waals surface area contributed by atoms with E-state index in [1.165, 1.54) is 14.1 Å². The molecule has 0 bridgehead atoms. The predicted octanol–water partition coefficient (Wildman–Crippen LogP) is 6.68. The molecule has 1 amide bonds. The maximum absolute atomic E-state index is 12.8. The third kappa shape index (κ3) is 4.22. The number of aryl methyl sites for hydroxylation is 1. The van der Waals surface area contributed by atoms with E-state index in [0.29, 0.717) is 5.92 Å². The molecule has 4 rings (SSSR count). The summed E-state index contributed by atoms with van der Waals surface area (Å²) < 4.78 is 2.27. The van der Waals surface area contributed by atoms with Gasteiger partial charge in [0.05, 0.1) is 19.8 Å². The van der Waals surface area contributed by atoms with Gasteiger partial charge in [0.1, 0.15) is 0 Å². The number of rotatable bonds is 4. The van der Waals surface area contributed by atoms with Gasteiger partial charge in [-0.1, -0.05) is 28.1 Å². The first-order chi connectivity index (χ1) is 13.5. The van der Waals surface area contributed by atoms with Crippen LogP contribution in [0.15, 0.2) is 45.1 Å². The Morgan fingerprint density at radius 3 is 2.50 bits per heavy atom. The zero-order valence-electron chi connectivity index (χ0n) is 15.8. The minimum Gasteiger partial charge on any atom is -0.338 e. The first-order valence-electron chi connectivity index (χ1n) is 9.21. The monoisotopic (exact) mass is 492 g/mol. The quantitative estimate of drug-likeness (QED) is 0.380. The van der Waals surface area contributed by atoms with Crippen molar-refractivity contribution < 1.29 is 4.79 Å². The number of hydrogen-bond donors (Lipinski definition) is 0. The summed E-state index contributed by atoms with van der Waals surface area (Å²) in [5.41, 5.74) is 2.26. The van der Waals surface area contributed by atoms with Crippen molar-refractivity contribution in [2.24, 2.45) is 0 Å². The fourth-order valence-corrected chi connectivity index (χ4v) is 6.39. The molecule has 1 saturated heterocycles. The van der Waals surface area contributed by atoms with Crippen molar-refractivity contribution in [2.75, 3.05) is 19.3 Å². The molecule has 7 heteroatoms. The van der Waals surface area contributed by atoms with Gasteiger partial charge >= 0.3 is 0 Å². The van der Waals surface area contributed by atoms with Crippen LogP contribution in [-0.4, -0.2) is 35.1 Å². The van der Waals surface area contributed by atoms with Crippen molar-refractivity contribution in [1.29, 1.82) is 0 Å². The second-order valence-corrected chi connectivity index (χ2v) is 11.2. The maximum atomic E-state index is 12.8. The average molecular weight is 494 g/mol. The first-order valence-corrected chi connectivity index (χ1v) is 12.9. The Labute approximate surface area is 186 Å². The highest BCUT2D eigenvalue weighted by Gasteiger charge is 2.27. The number of likely N-dealkylation sites (tertiary alicyclic amines) is 1. The molecule has 146 valence electrons. The van der Waals surface area contributed by atoms with Crippen LogP contribution in [0.4, 0.5) is 0 Å². The molecule has 2 aromatic heterocycles. The number of benzene rings is 1. The number of nitrogens with zero attached hydrogens (tertiary/aromatic N) is 2. The van der Waals surface area contributed by atoms with E-state index in [2.05, 4.69) is 47.1 Å². The Kier molecular flexibility index (Phi) is 6.25. The molecule has 28 heavy (non-hydrogen) atoms.